The zero-order chi connectivity index (χ0) is 24.2. The van der Waals surface area contributed by atoms with Crippen LogP contribution in [0.4, 0.5) is 5.82 Å². The standard InChI is InChI=1S/C18H28N5O8PS/c1-17(2,3)15(24)28-8-33-32(26)29-6-9-11(31-32)18(4,25)14(30-9)23-7-20-10-12(23)21-16(19)22-13(10)27-5/h7,9,11,13-14,25H,6,8H2,1-5H3,(H3,19,21,22)/t9-,11-,13?,14-,18-,32?/m1/s1. The molecule has 4 heterocycles. The van der Waals surface area contributed by atoms with Crippen molar-refractivity contribution in [3.63, 3.8) is 0 Å². The van der Waals surface area contributed by atoms with E-state index in [4.69, 9.17) is 29.0 Å². The maximum atomic E-state index is 13.1. The van der Waals surface area contributed by atoms with Crippen molar-refractivity contribution in [3.05, 3.63) is 12.0 Å². The molecule has 6 atom stereocenters. The summed E-state index contributed by atoms with van der Waals surface area (Å²) in [7, 11) is 1.48. The fraction of sp³-hybridized carbons (Fsp3) is 0.722. The van der Waals surface area contributed by atoms with Crippen molar-refractivity contribution in [2.75, 3.05) is 25.0 Å². The molecule has 0 aromatic carbocycles. The topological polar surface area (TPSA) is 169 Å². The van der Waals surface area contributed by atoms with Crippen LogP contribution in [0.5, 0.6) is 0 Å². The van der Waals surface area contributed by atoms with Gasteiger partial charge in [-0.25, -0.2) is 14.5 Å². The molecule has 15 heteroatoms. The molecule has 0 saturated carbocycles. The summed E-state index contributed by atoms with van der Waals surface area (Å²) < 4.78 is 42.3. The molecule has 2 saturated heterocycles. The Balaban J connectivity index is 1.49. The molecule has 1 aromatic rings. The van der Waals surface area contributed by atoms with Gasteiger partial charge in [-0.3, -0.25) is 18.4 Å². The van der Waals surface area contributed by atoms with Gasteiger partial charge < -0.3 is 30.4 Å². The van der Waals surface area contributed by atoms with Gasteiger partial charge in [0.2, 0.25) is 0 Å². The number of rotatable bonds is 5. The molecular weight excluding hydrogens is 477 g/mol. The van der Waals surface area contributed by atoms with E-state index in [1.807, 2.05) is 0 Å². The normalized spacial score (nSPS) is 35.9. The van der Waals surface area contributed by atoms with Crippen molar-refractivity contribution < 1.29 is 37.7 Å². The SMILES string of the molecule is COC1N=C(N)Nc2c1ncn2[C@@H]1O[C@@H]2COP(=O)(SCOC(=O)C(C)(C)C)O[C@H]2[C@@]1(C)O. The summed E-state index contributed by atoms with van der Waals surface area (Å²) in [5, 5.41) is 14.3. The number of ether oxygens (including phenoxy) is 3. The van der Waals surface area contributed by atoms with Crippen LogP contribution in [0.1, 0.15) is 45.8 Å². The van der Waals surface area contributed by atoms with Crippen LogP contribution >= 0.6 is 18.2 Å². The summed E-state index contributed by atoms with van der Waals surface area (Å²) in [6.07, 6.45) is -1.87. The van der Waals surface area contributed by atoms with Crippen molar-refractivity contribution in [3.8, 4) is 0 Å². The van der Waals surface area contributed by atoms with Crippen molar-refractivity contribution >= 4 is 35.9 Å². The lowest BCUT2D eigenvalue weighted by Crippen LogP contribution is -2.47. The predicted octanol–water partition coefficient (Wildman–Crippen LogP) is 1.72. The molecule has 184 valence electrons. The molecule has 33 heavy (non-hydrogen) atoms. The summed E-state index contributed by atoms with van der Waals surface area (Å²) in [4.78, 5) is 20.4. The molecule has 3 aliphatic heterocycles. The number of anilines is 1. The Morgan fingerprint density at radius 2 is 2.24 bits per heavy atom. The van der Waals surface area contributed by atoms with E-state index < -0.39 is 48.4 Å². The number of hydrogen-bond acceptors (Lipinski definition) is 13. The fourth-order valence-corrected chi connectivity index (χ4v) is 6.53. The third kappa shape index (κ3) is 4.53. The summed E-state index contributed by atoms with van der Waals surface area (Å²) in [5.41, 5.74) is 4.01. The predicted molar refractivity (Wildman–Crippen MR) is 118 cm³/mol. The Morgan fingerprint density at radius 1 is 1.52 bits per heavy atom. The summed E-state index contributed by atoms with van der Waals surface area (Å²) in [5.74, 6) is -0.0859. The number of esters is 1. The highest BCUT2D eigenvalue weighted by molar-refractivity contribution is 8.55. The minimum absolute atomic E-state index is 0.0799. The molecule has 0 radical (unpaired) electrons. The van der Waals surface area contributed by atoms with Crippen LogP contribution in [0.3, 0.4) is 0 Å². The molecule has 2 fully saturated rings. The van der Waals surface area contributed by atoms with E-state index in [-0.39, 0.29) is 18.5 Å². The second kappa shape index (κ2) is 8.52. The van der Waals surface area contributed by atoms with Crippen LogP contribution < -0.4 is 11.1 Å². The van der Waals surface area contributed by atoms with Crippen molar-refractivity contribution in [2.45, 2.75) is 58.0 Å². The Morgan fingerprint density at radius 3 is 2.91 bits per heavy atom. The zero-order valence-corrected chi connectivity index (χ0v) is 20.6. The summed E-state index contributed by atoms with van der Waals surface area (Å²) in [6, 6.07) is 0. The number of fused-ring (bicyclic) bond motifs is 2. The maximum absolute atomic E-state index is 13.1. The van der Waals surface area contributed by atoms with Gasteiger partial charge in [0, 0.05) is 18.5 Å². The lowest BCUT2D eigenvalue weighted by atomic mass is 9.96. The van der Waals surface area contributed by atoms with E-state index in [0.29, 0.717) is 11.5 Å². The molecule has 3 aliphatic rings. The van der Waals surface area contributed by atoms with Crippen LogP contribution in [-0.4, -0.2) is 64.1 Å². The molecule has 4 rings (SSSR count). The minimum Gasteiger partial charge on any atom is -0.454 e. The van der Waals surface area contributed by atoms with Crippen molar-refractivity contribution in [1.29, 1.82) is 0 Å². The first kappa shape index (κ1) is 24.5. The monoisotopic (exact) mass is 505 g/mol. The van der Waals surface area contributed by atoms with Gasteiger partial charge in [0.25, 0.3) is 0 Å². The van der Waals surface area contributed by atoms with Gasteiger partial charge in [-0.2, -0.15) is 0 Å². The van der Waals surface area contributed by atoms with Crippen LogP contribution in [-0.2, 0) is 32.6 Å². The van der Waals surface area contributed by atoms with Crippen LogP contribution in [0.25, 0.3) is 0 Å². The molecule has 2 unspecified atom stereocenters. The van der Waals surface area contributed by atoms with E-state index in [1.54, 1.807) is 25.3 Å². The largest absolute Gasteiger partial charge is 0.454 e. The molecule has 0 bridgehead atoms. The second-order valence-corrected chi connectivity index (χ2v) is 13.0. The van der Waals surface area contributed by atoms with Crippen LogP contribution in [0.2, 0.25) is 0 Å². The summed E-state index contributed by atoms with van der Waals surface area (Å²) in [6.45, 7) is 2.86. The number of aromatic nitrogens is 2. The number of carbonyl (C=O) groups excluding carboxylic acids is 1. The van der Waals surface area contributed by atoms with Gasteiger partial charge in [-0.1, -0.05) is 0 Å². The fourth-order valence-electron chi connectivity index (χ4n) is 3.67. The number of aliphatic imine (C=N–C) groups is 1. The lowest BCUT2D eigenvalue weighted by molar-refractivity contribution is -0.150. The molecule has 0 amide bonds. The Hall–Kier alpha value is -1.67. The number of methoxy groups -OCH3 is 1. The van der Waals surface area contributed by atoms with Crippen LogP contribution in [0.15, 0.2) is 11.3 Å². The Kier molecular flexibility index (Phi) is 6.32. The number of nitrogens with one attached hydrogen (secondary N) is 1. The number of nitrogens with zero attached hydrogens (tertiary/aromatic N) is 3. The minimum atomic E-state index is -3.72. The maximum Gasteiger partial charge on any atom is 0.392 e. The molecule has 4 N–H and O–H groups in total. The molecule has 1 aromatic heterocycles. The number of carbonyl (C=O) groups is 1. The smallest absolute Gasteiger partial charge is 0.392 e. The average Bonchev–Trinajstić information content (AvgIpc) is 3.24. The zero-order valence-electron chi connectivity index (χ0n) is 18.9. The first-order chi connectivity index (χ1) is 15.4. The highest BCUT2D eigenvalue weighted by Gasteiger charge is 2.60. The molecule has 0 spiro atoms. The van der Waals surface area contributed by atoms with E-state index in [2.05, 4.69) is 15.3 Å². The van der Waals surface area contributed by atoms with Crippen LogP contribution in [0, 0.1) is 5.41 Å². The summed E-state index contributed by atoms with van der Waals surface area (Å²) >= 11 is 0.740. The van der Waals surface area contributed by atoms with E-state index in [1.165, 1.54) is 20.4 Å². The quantitative estimate of drug-likeness (QED) is 0.301. The van der Waals surface area contributed by atoms with Gasteiger partial charge in [-0.05, 0) is 27.7 Å². The van der Waals surface area contributed by atoms with E-state index >= 15 is 0 Å². The number of guanidine groups is 1. The second-order valence-electron chi connectivity index (χ2n) is 9.06. The lowest BCUT2D eigenvalue weighted by Gasteiger charge is -2.35. The molecule has 13 nitrogen and oxygen atoms in total. The Labute approximate surface area is 194 Å². The molecule has 0 aliphatic carbocycles. The highest BCUT2D eigenvalue weighted by atomic mass is 32.7. The first-order valence-corrected chi connectivity index (χ1v) is 13.3. The van der Waals surface area contributed by atoms with Gasteiger partial charge >= 0.3 is 12.8 Å². The number of nitrogens with two attached hydrogens (primary N) is 1. The third-order valence-electron chi connectivity index (χ3n) is 5.40. The van der Waals surface area contributed by atoms with Gasteiger partial charge in [0.05, 0.1) is 18.3 Å². The number of aliphatic hydroxyl groups is 1. The number of hydrogen-bond donors (Lipinski definition) is 3. The first-order valence-electron chi connectivity index (χ1n) is 10.2. The van der Waals surface area contributed by atoms with Gasteiger partial charge in [0.1, 0.15) is 35.3 Å². The van der Waals surface area contributed by atoms with Crippen molar-refractivity contribution in [1.82, 2.24) is 9.55 Å². The van der Waals surface area contributed by atoms with E-state index in [0.717, 1.165) is 11.4 Å². The van der Waals surface area contributed by atoms with Gasteiger partial charge in [-0.15, -0.1) is 0 Å². The van der Waals surface area contributed by atoms with Gasteiger partial charge in [0.15, 0.2) is 18.4 Å². The van der Waals surface area contributed by atoms with E-state index in [9.17, 15) is 14.5 Å². The average molecular weight is 505 g/mol. The van der Waals surface area contributed by atoms with Crippen molar-refractivity contribution in [2.24, 2.45) is 16.1 Å². The molecular formula is C18H28N5O8PS. The highest BCUT2D eigenvalue weighted by Crippen LogP contribution is 2.66. The number of imidazole rings is 1. The third-order valence-corrected chi connectivity index (χ3v) is 8.73. The Bertz CT molecular complexity index is 1010.